The Morgan fingerprint density at radius 2 is 1.38 bits per heavy atom. The molecule has 4 aromatic carbocycles. The minimum Gasteiger partial charge on any atom is -0.342 e. The highest BCUT2D eigenvalue weighted by atomic mass is 35.5. The van der Waals surface area contributed by atoms with E-state index in [1.165, 1.54) is 0 Å². The average molecular weight is 556 g/mol. The van der Waals surface area contributed by atoms with Gasteiger partial charge in [-0.2, -0.15) is 0 Å². The Morgan fingerprint density at radius 3 is 2.03 bits per heavy atom. The van der Waals surface area contributed by atoms with Gasteiger partial charge in [0.15, 0.2) is 5.78 Å². The third kappa shape index (κ3) is 6.58. The molecule has 3 nitrogen and oxygen atoms in total. The molecule has 1 unspecified atom stereocenters. The van der Waals surface area contributed by atoms with Crippen molar-refractivity contribution in [2.24, 2.45) is 0 Å². The second-order valence-electron chi connectivity index (χ2n) is 9.32. The van der Waals surface area contributed by atoms with Crippen molar-refractivity contribution in [2.75, 3.05) is 13.2 Å². The molecule has 0 spiro atoms. The summed E-state index contributed by atoms with van der Waals surface area (Å²) in [6.07, 6.45) is 5.15. The number of Topliss-reactive ketones (excluding diaryl/α,β-unsaturated/α-hetero) is 1. The van der Waals surface area contributed by atoms with Crippen molar-refractivity contribution in [2.45, 2.75) is 18.6 Å². The topological polar surface area (TPSA) is 35.5 Å². The Balaban J connectivity index is 1.45. The van der Waals surface area contributed by atoms with Gasteiger partial charge in [-0.3, -0.25) is 4.79 Å². The Morgan fingerprint density at radius 1 is 0.795 bits per heavy atom. The smallest absolute Gasteiger partial charge is 0.218 e. The quantitative estimate of drug-likeness (QED) is 0.153. The van der Waals surface area contributed by atoms with Crippen molar-refractivity contribution in [1.29, 1.82) is 0 Å². The molecule has 0 aliphatic carbocycles. The fraction of sp³-hybridized carbons (Fsp3) is 0.147. The van der Waals surface area contributed by atoms with Crippen LogP contribution in [-0.2, 0) is 15.3 Å². The molecule has 196 valence electrons. The van der Waals surface area contributed by atoms with Crippen molar-refractivity contribution in [3.05, 3.63) is 153 Å². The molecule has 1 aliphatic heterocycles. The zero-order valence-corrected chi connectivity index (χ0v) is 22.9. The monoisotopic (exact) mass is 554 g/mol. The summed E-state index contributed by atoms with van der Waals surface area (Å²) < 4.78 is 13.0. The van der Waals surface area contributed by atoms with Gasteiger partial charge in [-0.25, -0.2) is 0 Å². The van der Waals surface area contributed by atoms with E-state index in [-0.39, 0.29) is 12.4 Å². The summed E-state index contributed by atoms with van der Waals surface area (Å²) in [5, 5.41) is 1.34. The number of ketones is 1. The molecule has 0 bridgehead atoms. The lowest BCUT2D eigenvalue weighted by Gasteiger charge is -2.31. The first-order valence-electron chi connectivity index (χ1n) is 12.9. The summed E-state index contributed by atoms with van der Waals surface area (Å²) in [5.41, 5.74) is 5.14. The third-order valence-corrected chi connectivity index (χ3v) is 7.18. The van der Waals surface area contributed by atoms with Crippen molar-refractivity contribution >= 4 is 41.1 Å². The van der Waals surface area contributed by atoms with Gasteiger partial charge in [0.05, 0.1) is 13.2 Å². The first kappa shape index (κ1) is 27.1. The maximum atomic E-state index is 13.5. The molecule has 0 amide bonds. The van der Waals surface area contributed by atoms with Gasteiger partial charge in [0.2, 0.25) is 5.79 Å². The van der Waals surface area contributed by atoms with E-state index in [4.69, 9.17) is 32.7 Å². The zero-order chi connectivity index (χ0) is 27.1. The summed E-state index contributed by atoms with van der Waals surface area (Å²) in [6, 6.07) is 34.4. The lowest BCUT2D eigenvalue weighted by molar-refractivity contribution is -0.196. The van der Waals surface area contributed by atoms with Gasteiger partial charge in [0, 0.05) is 26.7 Å². The van der Waals surface area contributed by atoms with Gasteiger partial charge >= 0.3 is 0 Å². The van der Waals surface area contributed by atoms with E-state index in [0.717, 1.165) is 28.7 Å². The second-order valence-corrected chi connectivity index (χ2v) is 10.2. The van der Waals surface area contributed by atoms with E-state index in [0.29, 0.717) is 34.2 Å². The molecule has 1 saturated heterocycles. The number of carbonyl (C=O) groups excluding carboxylic acids is 1. The zero-order valence-electron chi connectivity index (χ0n) is 21.4. The van der Waals surface area contributed by atoms with Crippen LogP contribution in [0.5, 0.6) is 0 Å². The standard InChI is InChI=1S/C34H28Cl2O3/c35-31-15-11-25(12-16-31)23-28(33(37)27-7-3-1-4-8-27)19-21-38-34(29-9-5-2-6-10-29)30(20-22-39-34)24-26-13-17-32(36)18-14-26/h1-18,23-24H,19-22H2/b28-23+,30-24+. The minimum absolute atomic E-state index is 0.0350. The molecule has 39 heavy (non-hydrogen) atoms. The summed E-state index contributed by atoms with van der Waals surface area (Å²) >= 11 is 12.2. The summed E-state index contributed by atoms with van der Waals surface area (Å²) in [5.74, 6) is -1.07. The number of benzene rings is 4. The van der Waals surface area contributed by atoms with Crippen LogP contribution in [0, 0.1) is 0 Å². The number of hydrogen-bond donors (Lipinski definition) is 0. The average Bonchev–Trinajstić information content (AvgIpc) is 3.38. The molecule has 5 heteroatoms. The van der Waals surface area contributed by atoms with E-state index in [1.54, 1.807) is 0 Å². The molecule has 0 aromatic heterocycles. The largest absolute Gasteiger partial charge is 0.342 e. The van der Waals surface area contributed by atoms with Crippen molar-refractivity contribution < 1.29 is 14.3 Å². The highest BCUT2D eigenvalue weighted by molar-refractivity contribution is 6.30. The molecule has 4 aromatic rings. The number of carbonyl (C=O) groups is 1. The normalized spacial score (nSPS) is 18.4. The van der Waals surface area contributed by atoms with Gasteiger partial charge in [0.1, 0.15) is 0 Å². The van der Waals surface area contributed by atoms with Crippen molar-refractivity contribution in [3.8, 4) is 0 Å². The van der Waals surface area contributed by atoms with E-state index in [2.05, 4.69) is 6.08 Å². The van der Waals surface area contributed by atoms with Crippen molar-refractivity contribution in [1.82, 2.24) is 0 Å². The summed E-state index contributed by atoms with van der Waals surface area (Å²) in [7, 11) is 0. The maximum absolute atomic E-state index is 13.5. The van der Waals surface area contributed by atoms with Crippen LogP contribution in [0.15, 0.2) is 120 Å². The highest BCUT2D eigenvalue weighted by Crippen LogP contribution is 2.43. The fourth-order valence-corrected chi connectivity index (χ4v) is 4.98. The van der Waals surface area contributed by atoms with Gasteiger partial charge in [-0.1, -0.05) is 108 Å². The van der Waals surface area contributed by atoms with Gasteiger partial charge < -0.3 is 9.47 Å². The molecule has 5 rings (SSSR count). The predicted molar refractivity (Wildman–Crippen MR) is 159 cm³/mol. The molecular formula is C34H28Cl2O3. The number of halogens is 2. The van der Waals surface area contributed by atoms with Gasteiger partial charge in [-0.05, 0) is 66.0 Å². The lowest BCUT2D eigenvalue weighted by Crippen LogP contribution is -2.31. The lowest BCUT2D eigenvalue weighted by atomic mass is 9.94. The van der Waals surface area contributed by atoms with Crippen molar-refractivity contribution in [3.63, 3.8) is 0 Å². The van der Waals surface area contributed by atoms with Crippen LogP contribution in [0.1, 0.15) is 39.9 Å². The Kier molecular flexibility index (Phi) is 8.75. The van der Waals surface area contributed by atoms with Crippen LogP contribution in [0.2, 0.25) is 10.0 Å². The van der Waals surface area contributed by atoms with E-state index >= 15 is 0 Å². The molecular weight excluding hydrogens is 527 g/mol. The van der Waals surface area contributed by atoms with Crippen LogP contribution < -0.4 is 0 Å². The maximum Gasteiger partial charge on any atom is 0.218 e. The van der Waals surface area contributed by atoms with Crippen LogP contribution in [0.25, 0.3) is 12.2 Å². The molecule has 1 fully saturated rings. The first-order valence-corrected chi connectivity index (χ1v) is 13.6. The van der Waals surface area contributed by atoms with Crippen LogP contribution in [-0.4, -0.2) is 19.0 Å². The summed E-state index contributed by atoms with van der Waals surface area (Å²) in [6.45, 7) is 0.815. The first-order chi connectivity index (χ1) is 19.0. The fourth-order valence-electron chi connectivity index (χ4n) is 4.72. The van der Waals surface area contributed by atoms with E-state index < -0.39 is 5.79 Å². The van der Waals surface area contributed by atoms with Crippen LogP contribution in [0.3, 0.4) is 0 Å². The SMILES string of the molecule is O=C(/C(=C/c1ccc(Cl)cc1)CCOC1(c2ccccc2)OCC/C1=C\c1ccc(Cl)cc1)c1ccccc1. The molecule has 0 saturated carbocycles. The number of rotatable bonds is 9. The second kappa shape index (κ2) is 12.6. The molecule has 1 heterocycles. The molecule has 0 N–H and O–H groups in total. The molecule has 1 atom stereocenters. The van der Waals surface area contributed by atoms with Gasteiger partial charge in [0.25, 0.3) is 0 Å². The molecule has 1 aliphatic rings. The Hall–Kier alpha value is -3.47. The Bertz CT molecular complexity index is 1460. The number of ether oxygens (including phenoxy) is 2. The van der Waals surface area contributed by atoms with E-state index in [1.807, 2.05) is 115 Å². The highest BCUT2D eigenvalue weighted by Gasteiger charge is 2.43. The predicted octanol–water partition coefficient (Wildman–Crippen LogP) is 9.02. The van der Waals surface area contributed by atoms with Gasteiger partial charge in [-0.15, -0.1) is 0 Å². The van der Waals surface area contributed by atoms with Crippen LogP contribution >= 0.6 is 23.2 Å². The van der Waals surface area contributed by atoms with Crippen LogP contribution in [0.4, 0.5) is 0 Å². The third-order valence-electron chi connectivity index (χ3n) is 6.68. The molecule has 0 radical (unpaired) electrons. The number of hydrogen-bond acceptors (Lipinski definition) is 3. The Labute approximate surface area is 239 Å². The van der Waals surface area contributed by atoms with E-state index in [9.17, 15) is 4.79 Å². The summed E-state index contributed by atoms with van der Waals surface area (Å²) in [4.78, 5) is 13.5. The minimum atomic E-state index is -1.04.